The molecule has 1 aliphatic rings. The molecule has 1 amide bonds. The Labute approximate surface area is 177 Å². The van der Waals surface area contributed by atoms with Crippen molar-refractivity contribution in [1.82, 2.24) is 19.4 Å². The van der Waals surface area contributed by atoms with Crippen LogP contribution in [0.2, 0.25) is 5.02 Å². The SMILES string of the molecule is Cc1nc(C#N)c(N2CCN(C(=O)CSc3nc4cc(Cl)ccc4n3C)CC2)o1. The van der Waals surface area contributed by atoms with Crippen molar-refractivity contribution >= 4 is 46.2 Å². The molecule has 3 heterocycles. The number of thioether (sulfide) groups is 1. The van der Waals surface area contributed by atoms with Crippen molar-refractivity contribution in [2.45, 2.75) is 12.1 Å². The lowest BCUT2D eigenvalue weighted by Gasteiger charge is -2.34. The van der Waals surface area contributed by atoms with E-state index in [1.54, 1.807) is 6.92 Å². The van der Waals surface area contributed by atoms with E-state index in [1.807, 2.05) is 39.6 Å². The number of rotatable bonds is 4. The number of anilines is 1. The molecule has 1 fully saturated rings. The average Bonchev–Trinajstić information content (AvgIpc) is 3.25. The number of fused-ring (bicyclic) bond motifs is 1. The van der Waals surface area contributed by atoms with Crippen LogP contribution in [0, 0.1) is 18.3 Å². The van der Waals surface area contributed by atoms with Gasteiger partial charge in [0.1, 0.15) is 6.07 Å². The molecule has 10 heteroatoms. The third-order valence-corrected chi connectivity index (χ3v) is 6.12. The van der Waals surface area contributed by atoms with Gasteiger partial charge in [-0.25, -0.2) is 9.97 Å². The van der Waals surface area contributed by atoms with Crippen LogP contribution in [0.25, 0.3) is 11.0 Å². The molecule has 0 N–H and O–H groups in total. The number of aryl methyl sites for hydroxylation is 2. The molecule has 8 nitrogen and oxygen atoms in total. The Kier molecular flexibility index (Phi) is 5.39. The molecule has 150 valence electrons. The summed E-state index contributed by atoms with van der Waals surface area (Å²) in [7, 11) is 1.93. The lowest BCUT2D eigenvalue weighted by molar-refractivity contribution is -0.128. The molecule has 1 aromatic carbocycles. The van der Waals surface area contributed by atoms with Crippen LogP contribution in [0.3, 0.4) is 0 Å². The topological polar surface area (TPSA) is 91.2 Å². The Morgan fingerprint density at radius 2 is 2.07 bits per heavy atom. The maximum absolute atomic E-state index is 12.7. The fourth-order valence-electron chi connectivity index (χ4n) is 3.36. The number of halogens is 1. The number of hydrogen-bond donors (Lipinski definition) is 0. The highest BCUT2D eigenvalue weighted by Crippen LogP contribution is 2.26. The summed E-state index contributed by atoms with van der Waals surface area (Å²) < 4.78 is 7.53. The number of carbonyl (C=O) groups is 1. The smallest absolute Gasteiger partial charge is 0.234 e. The van der Waals surface area contributed by atoms with E-state index in [4.69, 9.17) is 16.0 Å². The van der Waals surface area contributed by atoms with E-state index >= 15 is 0 Å². The van der Waals surface area contributed by atoms with Crippen LogP contribution < -0.4 is 4.90 Å². The summed E-state index contributed by atoms with van der Waals surface area (Å²) in [5.41, 5.74) is 2.09. The summed E-state index contributed by atoms with van der Waals surface area (Å²) in [6, 6.07) is 7.64. The number of imidazole rings is 1. The Balaban J connectivity index is 1.36. The lowest BCUT2D eigenvalue weighted by Crippen LogP contribution is -2.49. The van der Waals surface area contributed by atoms with Crippen LogP contribution in [0.5, 0.6) is 0 Å². The summed E-state index contributed by atoms with van der Waals surface area (Å²) in [6.07, 6.45) is 0. The van der Waals surface area contributed by atoms with Crippen molar-refractivity contribution in [3.05, 3.63) is 34.8 Å². The zero-order chi connectivity index (χ0) is 20.5. The van der Waals surface area contributed by atoms with Gasteiger partial charge in [0.25, 0.3) is 0 Å². The van der Waals surface area contributed by atoms with Gasteiger partial charge in [0, 0.05) is 45.2 Å². The molecule has 0 radical (unpaired) electrons. The van der Waals surface area contributed by atoms with Gasteiger partial charge in [-0.05, 0) is 18.2 Å². The zero-order valence-corrected chi connectivity index (χ0v) is 17.6. The standard InChI is InChI=1S/C19H19ClN6O2S/c1-12-22-15(10-21)18(28-12)26-7-5-25(6-8-26)17(27)11-29-19-23-14-9-13(20)3-4-16(14)24(19)2/h3-4,9H,5-8,11H2,1-2H3. The maximum Gasteiger partial charge on any atom is 0.234 e. The average molecular weight is 431 g/mol. The van der Waals surface area contributed by atoms with Crippen molar-refractivity contribution in [1.29, 1.82) is 5.26 Å². The molecule has 29 heavy (non-hydrogen) atoms. The molecule has 1 saturated heterocycles. The first-order chi connectivity index (χ1) is 14.0. The zero-order valence-electron chi connectivity index (χ0n) is 16.1. The second-order valence-corrected chi connectivity index (χ2v) is 8.12. The van der Waals surface area contributed by atoms with Gasteiger partial charge < -0.3 is 18.8 Å². The minimum absolute atomic E-state index is 0.0639. The van der Waals surface area contributed by atoms with Crippen molar-refractivity contribution in [3.63, 3.8) is 0 Å². The van der Waals surface area contributed by atoms with Gasteiger partial charge in [-0.15, -0.1) is 0 Å². The number of amides is 1. The van der Waals surface area contributed by atoms with Crippen LogP contribution >= 0.6 is 23.4 Å². The van der Waals surface area contributed by atoms with Gasteiger partial charge in [-0.3, -0.25) is 4.79 Å². The second-order valence-electron chi connectivity index (χ2n) is 6.74. The number of piperazine rings is 1. The minimum atomic E-state index is 0.0639. The van der Waals surface area contributed by atoms with Crippen molar-refractivity contribution in [2.75, 3.05) is 36.8 Å². The van der Waals surface area contributed by atoms with Crippen molar-refractivity contribution in [3.8, 4) is 6.07 Å². The normalized spacial score (nSPS) is 14.4. The Morgan fingerprint density at radius 1 is 1.31 bits per heavy atom. The second kappa shape index (κ2) is 7.97. The Hall–Kier alpha value is -2.70. The molecule has 0 aliphatic carbocycles. The number of nitrogens with zero attached hydrogens (tertiary/aromatic N) is 6. The van der Waals surface area contributed by atoms with Gasteiger partial charge >= 0.3 is 0 Å². The van der Waals surface area contributed by atoms with Crippen LogP contribution in [0.15, 0.2) is 27.8 Å². The molecule has 2 aromatic heterocycles. The third-order valence-electron chi connectivity index (χ3n) is 4.87. The van der Waals surface area contributed by atoms with Crippen LogP contribution in [0.1, 0.15) is 11.6 Å². The van der Waals surface area contributed by atoms with Gasteiger partial charge in [0.15, 0.2) is 11.0 Å². The van der Waals surface area contributed by atoms with E-state index in [2.05, 4.69) is 16.0 Å². The number of nitriles is 1. The molecule has 1 aliphatic heterocycles. The molecule has 3 aromatic rings. The van der Waals surface area contributed by atoms with Gasteiger partial charge in [-0.2, -0.15) is 5.26 Å². The maximum atomic E-state index is 12.7. The predicted octanol–water partition coefficient (Wildman–Crippen LogP) is 2.84. The molecule has 0 saturated carbocycles. The first kappa shape index (κ1) is 19.6. The largest absolute Gasteiger partial charge is 0.424 e. The Bertz CT molecular complexity index is 1110. The number of aromatic nitrogens is 3. The fourth-order valence-corrected chi connectivity index (χ4v) is 4.42. The molecular weight excluding hydrogens is 412 g/mol. The van der Waals surface area contributed by atoms with Crippen LogP contribution in [-0.2, 0) is 11.8 Å². The van der Waals surface area contributed by atoms with Crippen molar-refractivity contribution < 1.29 is 9.21 Å². The summed E-state index contributed by atoms with van der Waals surface area (Å²) >= 11 is 7.46. The van der Waals surface area contributed by atoms with Crippen molar-refractivity contribution in [2.24, 2.45) is 7.05 Å². The third kappa shape index (κ3) is 3.91. The van der Waals surface area contributed by atoms with Gasteiger partial charge in [0.05, 0.1) is 16.8 Å². The summed E-state index contributed by atoms with van der Waals surface area (Å²) in [5, 5.41) is 10.6. The molecule has 0 atom stereocenters. The molecule has 0 spiro atoms. The van der Waals surface area contributed by atoms with Crippen LogP contribution in [0.4, 0.5) is 5.88 Å². The summed E-state index contributed by atoms with van der Waals surface area (Å²) in [4.78, 5) is 25.1. The first-order valence-electron chi connectivity index (χ1n) is 9.11. The van der Waals surface area contributed by atoms with E-state index in [1.165, 1.54) is 11.8 Å². The van der Waals surface area contributed by atoms with E-state index < -0.39 is 0 Å². The molecule has 0 bridgehead atoms. The highest BCUT2D eigenvalue weighted by molar-refractivity contribution is 7.99. The fraction of sp³-hybridized carbons (Fsp3) is 0.368. The molecule has 4 rings (SSSR count). The van der Waals surface area contributed by atoms with E-state index in [-0.39, 0.29) is 5.91 Å². The highest BCUT2D eigenvalue weighted by Gasteiger charge is 2.26. The number of carbonyl (C=O) groups excluding carboxylic acids is 1. The van der Waals surface area contributed by atoms with E-state index in [0.717, 1.165) is 16.2 Å². The van der Waals surface area contributed by atoms with Gasteiger partial charge in [-0.1, -0.05) is 23.4 Å². The summed E-state index contributed by atoms with van der Waals surface area (Å²) in [5.74, 6) is 1.34. The number of hydrogen-bond acceptors (Lipinski definition) is 7. The van der Waals surface area contributed by atoms with E-state index in [9.17, 15) is 10.1 Å². The quantitative estimate of drug-likeness (QED) is 0.587. The predicted molar refractivity (Wildman–Crippen MR) is 111 cm³/mol. The molecule has 0 unspecified atom stereocenters. The van der Waals surface area contributed by atoms with Gasteiger partial charge in [0.2, 0.25) is 17.5 Å². The summed E-state index contributed by atoms with van der Waals surface area (Å²) in [6.45, 7) is 4.07. The van der Waals surface area contributed by atoms with E-state index in [0.29, 0.717) is 54.4 Å². The minimum Gasteiger partial charge on any atom is -0.424 e. The number of oxazole rings is 1. The lowest BCUT2D eigenvalue weighted by atomic mass is 10.3. The Morgan fingerprint density at radius 3 is 2.79 bits per heavy atom. The number of benzene rings is 1. The molecular formula is C19H19ClN6O2S. The first-order valence-corrected chi connectivity index (χ1v) is 10.5. The van der Waals surface area contributed by atoms with Crippen LogP contribution in [-0.4, -0.2) is 57.3 Å². The highest BCUT2D eigenvalue weighted by atomic mass is 35.5. The monoisotopic (exact) mass is 430 g/mol.